The van der Waals surface area contributed by atoms with Crippen LogP contribution < -0.4 is 5.32 Å². The Morgan fingerprint density at radius 2 is 1.65 bits per heavy atom. The molecule has 7 heteroatoms. The van der Waals surface area contributed by atoms with Crippen molar-refractivity contribution in [3.8, 4) is 0 Å². The summed E-state index contributed by atoms with van der Waals surface area (Å²) < 4.78 is 28.3. The van der Waals surface area contributed by atoms with Crippen molar-refractivity contribution < 1.29 is 23.2 Å². The highest BCUT2D eigenvalue weighted by atomic mass is 19.3. The second kappa shape index (κ2) is 8.35. The van der Waals surface area contributed by atoms with E-state index in [2.05, 4.69) is 44.8 Å². The van der Waals surface area contributed by atoms with Crippen LogP contribution in [0.4, 0.5) is 8.78 Å². The van der Waals surface area contributed by atoms with Crippen molar-refractivity contribution in [3.05, 3.63) is 34.8 Å². The van der Waals surface area contributed by atoms with Crippen molar-refractivity contribution in [1.29, 1.82) is 0 Å². The van der Waals surface area contributed by atoms with Crippen LogP contribution in [0.3, 0.4) is 0 Å². The van der Waals surface area contributed by atoms with Crippen LogP contribution in [0.25, 0.3) is 4.85 Å². The average Bonchev–Trinajstić information content (AvgIpc) is 2.83. The van der Waals surface area contributed by atoms with E-state index in [1.165, 1.54) is 0 Å². The van der Waals surface area contributed by atoms with Crippen molar-refractivity contribution in [2.45, 2.75) is 112 Å². The van der Waals surface area contributed by atoms with Gasteiger partial charge in [0.2, 0.25) is 5.70 Å². The van der Waals surface area contributed by atoms with Crippen LogP contribution in [0.5, 0.6) is 0 Å². The zero-order valence-corrected chi connectivity index (χ0v) is 25.3. The first-order chi connectivity index (χ1) is 18.2. The number of nitrogens with zero attached hydrogens (tertiary/aromatic N) is 1. The van der Waals surface area contributed by atoms with E-state index in [1.807, 2.05) is 19.9 Å². The van der Waals surface area contributed by atoms with Crippen LogP contribution in [0.15, 0.2) is 23.4 Å². The molecule has 3 saturated carbocycles. The summed E-state index contributed by atoms with van der Waals surface area (Å²) in [6.07, 6.45) is 8.46. The third kappa shape index (κ3) is 3.69. The summed E-state index contributed by atoms with van der Waals surface area (Å²) in [4.78, 5) is 44.0. The topological polar surface area (TPSA) is 67.6 Å². The van der Waals surface area contributed by atoms with Gasteiger partial charge in [-0.3, -0.25) is 9.59 Å². The molecule has 0 aromatic rings. The van der Waals surface area contributed by atoms with Gasteiger partial charge in [-0.2, -0.15) is 8.78 Å². The standard InChI is InChI=1S/C33H44F2N2O3/c1-27(2)12-14-33(37-26(40)32(8,34)35)15-13-31(7)24(19(33)17-27)21(38)16-23-29(5)18-20(36-9)25(39)28(3,4)22(29)10-11-30(23,31)6/h16,18-19,22,24H,10-15,17H2,1-8H3,(H,37,40)/t19?,22-,24?,29-,30+,31+,33-/m0/s1. The maximum atomic E-state index is 14.4. The fourth-order valence-electron chi connectivity index (χ4n) is 10.2. The molecular weight excluding hydrogens is 510 g/mol. The van der Waals surface area contributed by atoms with Gasteiger partial charge in [0.05, 0.1) is 6.57 Å². The minimum absolute atomic E-state index is 0.00592. The van der Waals surface area contributed by atoms with Crippen molar-refractivity contribution in [2.24, 2.45) is 44.8 Å². The number of Topliss-reactive ketones (excluding diaryl/α,β-unsaturated/α-hetero) is 1. The van der Waals surface area contributed by atoms with Crippen LogP contribution in [0.1, 0.15) is 100 Å². The van der Waals surface area contributed by atoms with Gasteiger partial charge in [0.1, 0.15) is 0 Å². The van der Waals surface area contributed by atoms with Crippen molar-refractivity contribution >= 4 is 17.5 Å². The summed E-state index contributed by atoms with van der Waals surface area (Å²) in [5.41, 5.74) is -1.96. The molecule has 5 nitrogen and oxygen atoms in total. The summed E-state index contributed by atoms with van der Waals surface area (Å²) in [6, 6.07) is 0. The minimum atomic E-state index is -3.49. The van der Waals surface area contributed by atoms with E-state index < -0.39 is 39.5 Å². The zero-order valence-electron chi connectivity index (χ0n) is 25.3. The van der Waals surface area contributed by atoms with Crippen LogP contribution in [-0.2, 0) is 14.4 Å². The average molecular weight is 555 g/mol. The molecule has 1 amide bonds. The molecular formula is C33H44F2N2O3. The predicted molar refractivity (Wildman–Crippen MR) is 149 cm³/mol. The highest BCUT2D eigenvalue weighted by Gasteiger charge is 2.70. The van der Waals surface area contributed by atoms with Gasteiger partial charge >= 0.3 is 5.92 Å². The Kier molecular flexibility index (Phi) is 6.09. The Balaban J connectivity index is 1.67. The number of halogens is 2. The number of hydrogen-bond acceptors (Lipinski definition) is 3. The van der Waals surface area contributed by atoms with Gasteiger partial charge in [-0.25, -0.2) is 4.85 Å². The van der Waals surface area contributed by atoms with Crippen LogP contribution in [0.2, 0.25) is 0 Å². The quantitative estimate of drug-likeness (QED) is 0.371. The van der Waals surface area contributed by atoms with E-state index >= 15 is 0 Å². The fourth-order valence-corrected chi connectivity index (χ4v) is 10.2. The van der Waals surface area contributed by atoms with E-state index in [0.717, 1.165) is 24.8 Å². The molecule has 218 valence electrons. The monoisotopic (exact) mass is 554 g/mol. The molecule has 2 unspecified atom stereocenters. The van der Waals surface area contributed by atoms with Gasteiger partial charge < -0.3 is 10.1 Å². The Hall–Kier alpha value is -2.36. The van der Waals surface area contributed by atoms with Crippen LogP contribution >= 0.6 is 0 Å². The van der Waals surface area contributed by atoms with E-state index in [4.69, 9.17) is 6.57 Å². The number of ketones is 2. The van der Waals surface area contributed by atoms with Crippen molar-refractivity contribution in [1.82, 2.24) is 5.32 Å². The molecule has 0 aromatic heterocycles. The van der Waals surface area contributed by atoms with Crippen LogP contribution in [0, 0.1) is 51.4 Å². The van der Waals surface area contributed by atoms with Gasteiger partial charge in [0.25, 0.3) is 5.91 Å². The second-order valence-electron chi connectivity index (χ2n) is 15.7. The van der Waals surface area contributed by atoms with Gasteiger partial charge in [-0.1, -0.05) is 60.1 Å². The molecule has 7 atom stereocenters. The molecule has 40 heavy (non-hydrogen) atoms. The lowest BCUT2D eigenvalue weighted by Crippen LogP contribution is -2.70. The minimum Gasteiger partial charge on any atom is -0.345 e. The third-order valence-electron chi connectivity index (χ3n) is 12.6. The molecule has 0 aliphatic heterocycles. The lowest BCUT2D eigenvalue weighted by molar-refractivity contribution is -0.168. The van der Waals surface area contributed by atoms with E-state index in [-0.39, 0.29) is 39.9 Å². The van der Waals surface area contributed by atoms with E-state index in [1.54, 1.807) is 6.08 Å². The number of fused-ring (bicyclic) bond motifs is 7. The Morgan fingerprint density at radius 3 is 2.25 bits per heavy atom. The number of carbonyl (C=O) groups excluding carboxylic acids is 3. The highest BCUT2D eigenvalue weighted by Crippen LogP contribution is 2.73. The van der Waals surface area contributed by atoms with E-state index in [9.17, 15) is 23.2 Å². The van der Waals surface area contributed by atoms with Gasteiger partial charge in [0.15, 0.2) is 11.6 Å². The number of rotatable bonds is 2. The Bertz CT molecular complexity index is 1300. The molecule has 3 fully saturated rings. The number of amides is 1. The number of allylic oxidation sites excluding steroid dienone is 4. The first kappa shape index (κ1) is 29.1. The summed E-state index contributed by atoms with van der Waals surface area (Å²) in [5.74, 6) is -5.59. The number of hydrogen-bond donors (Lipinski definition) is 1. The number of carbonyl (C=O) groups is 3. The van der Waals surface area contributed by atoms with Crippen molar-refractivity contribution in [3.63, 3.8) is 0 Å². The summed E-state index contributed by atoms with van der Waals surface area (Å²) >= 11 is 0. The van der Waals surface area contributed by atoms with Gasteiger partial charge in [0, 0.05) is 29.2 Å². The Morgan fingerprint density at radius 1 is 1.02 bits per heavy atom. The predicted octanol–water partition coefficient (Wildman–Crippen LogP) is 7.08. The first-order valence-electron chi connectivity index (χ1n) is 14.8. The molecule has 0 saturated heterocycles. The maximum absolute atomic E-state index is 14.4. The lowest BCUT2D eigenvalue weighted by Gasteiger charge is -2.69. The molecule has 0 radical (unpaired) electrons. The molecule has 5 aliphatic rings. The number of nitrogens with one attached hydrogen (secondary N) is 1. The molecule has 5 rings (SSSR count). The van der Waals surface area contributed by atoms with Crippen molar-refractivity contribution in [2.75, 3.05) is 0 Å². The summed E-state index contributed by atoms with van der Waals surface area (Å²) in [6.45, 7) is 23.1. The Labute approximate surface area is 237 Å². The second-order valence-corrected chi connectivity index (χ2v) is 15.7. The molecule has 0 bridgehead atoms. The van der Waals surface area contributed by atoms with E-state index in [0.29, 0.717) is 32.6 Å². The smallest absolute Gasteiger partial charge is 0.321 e. The van der Waals surface area contributed by atoms with Crippen LogP contribution in [-0.4, -0.2) is 28.9 Å². The lowest BCUT2D eigenvalue weighted by atomic mass is 9.35. The maximum Gasteiger partial charge on any atom is 0.321 e. The molecule has 0 aromatic carbocycles. The largest absolute Gasteiger partial charge is 0.345 e. The third-order valence-corrected chi connectivity index (χ3v) is 12.6. The normalized spacial score (nSPS) is 43.6. The van der Waals surface area contributed by atoms with Gasteiger partial charge in [-0.15, -0.1) is 0 Å². The summed E-state index contributed by atoms with van der Waals surface area (Å²) in [5, 5.41) is 2.81. The SMILES string of the molecule is [C-]#[N+]C1=C[C@]2(C)C3=CC(=O)C4C5CC(C)(C)CC[C@]5(NC(=O)C(C)(F)F)CC[C@@]4(C)[C@]3(C)CC[C@H]2C(C)(C)C1=O. The first-order valence-corrected chi connectivity index (χ1v) is 14.8. The fraction of sp³-hybridized carbons (Fsp3) is 0.758. The molecule has 0 heterocycles. The highest BCUT2D eigenvalue weighted by molar-refractivity contribution is 6.03. The zero-order chi connectivity index (χ0) is 29.9. The molecule has 1 N–H and O–H groups in total. The van der Waals surface area contributed by atoms with Gasteiger partial charge in [-0.05, 0) is 79.1 Å². The molecule has 0 spiro atoms. The molecule has 5 aliphatic carbocycles. The summed E-state index contributed by atoms with van der Waals surface area (Å²) in [7, 11) is 0. The number of alkyl halides is 2.